The van der Waals surface area contributed by atoms with Gasteiger partial charge in [-0.3, -0.25) is 0 Å². The third-order valence-electron chi connectivity index (χ3n) is 1.25. The predicted octanol–water partition coefficient (Wildman–Crippen LogP) is 2.61. The minimum absolute atomic E-state index is 0.748. The predicted molar refractivity (Wildman–Crippen MR) is 47.5 cm³/mol. The summed E-state index contributed by atoms with van der Waals surface area (Å²) < 4.78 is 5.49. The quantitative estimate of drug-likeness (QED) is 0.326. The highest BCUT2D eigenvalue weighted by atomic mass is 27.2. The van der Waals surface area contributed by atoms with Gasteiger partial charge in [-0.25, -0.2) is 0 Å². The highest BCUT2D eigenvalue weighted by Crippen LogP contribution is 1.96. The summed E-state index contributed by atoms with van der Waals surface area (Å²) in [6.07, 6.45) is 5.51. The first-order valence-electron chi connectivity index (χ1n) is 4.00. The molecule has 1 nitrogen and oxygen atoms in total. The topological polar surface area (TPSA) is 9.23 Å². The van der Waals surface area contributed by atoms with E-state index in [1.165, 1.54) is 12.8 Å². The normalized spacial score (nSPS) is 9.40. The molecule has 0 saturated carbocycles. The van der Waals surface area contributed by atoms with Gasteiger partial charge in [0, 0.05) is 6.61 Å². The van der Waals surface area contributed by atoms with Crippen molar-refractivity contribution in [2.45, 2.75) is 30.8 Å². The molecule has 0 atom stereocenters. The molecule has 0 aromatic carbocycles. The van der Waals surface area contributed by atoms with Gasteiger partial charge in [0.1, 0.15) is 0 Å². The third kappa shape index (κ3) is 8.23. The summed E-state index contributed by atoms with van der Waals surface area (Å²) in [7, 11) is 0. The Morgan fingerprint density at radius 2 is 2.10 bits per heavy atom. The molecule has 0 radical (unpaired) electrons. The average Bonchev–Trinajstić information content (AvgIpc) is 1.87. The van der Waals surface area contributed by atoms with Crippen molar-refractivity contribution >= 4 is 14.5 Å². The summed E-state index contributed by atoms with van der Waals surface area (Å²) in [6.45, 7) is 4.62. The smallest absolute Gasteiger partial charge is 0.453 e. The summed E-state index contributed by atoms with van der Waals surface area (Å²) in [5.41, 5.74) is 0. The van der Waals surface area contributed by atoms with Crippen LogP contribution < -0.4 is 0 Å². The molecule has 0 aromatic rings. The van der Waals surface area contributed by atoms with Crippen LogP contribution in [0.15, 0.2) is 12.7 Å². The number of hydrogen-bond donors (Lipinski definition) is 0. The molecule has 0 unspecified atom stereocenters. The van der Waals surface area contributed by atoms with Gasteiger partial charge >= 0.3 is 14.5 Å². The number of unbranched alkanes of at least 4 members (excludes halogenated alkanes) is 2. The van der Waals surface area contributed by atoms with Crippen molar-refractivity contribution in [2.24, 2.45) is 0 Å². The van der Waals surface area contributed by atoms with Crippen molar-refractivity contribution in [3.8, 4) is 0 Å². The Hall–Kier alpha value is 0.232. The molecular formula is C8H17AlO. The van der Waals surface area contributed by atoms with Crippen molar-refractivity contribution in [1.29, 1.82) is 0 Å². The lowest BCUT2D eigenvalue weighted by atomic mass is 10.2. The van der Waals surface area contributed by atoms with Crippen molar-refractivity contribution < 1.29 is 3.79 Å². The molecule has 0 aliphatic rings. The molecule has 0 aliphatic heterocycles. The zero-order valence-corrected chi connectivity index (χ0v) is 8.25. The first kappa shape index (κ1) is 10.2. The largest absolute Gasteiger partial charge is 0.501 e. The van der Waals surface area contributed by atoms with E-state index in [1.807, 2.05) is 6.08 Å². The lowest BCUT2D eigenvalue weighted by Crippen LogP contribution is -2.08. The number of hydrogen-bond acceptors (Lipinski definition) is 1. The second kappa shape index (κ2) is 7.34. The Morgan fingerprint density at radius 1 is 1.40 bits per heavy atom. The molecule has 0 amide bonds. The van der Waals surface area contributed by atoms with Crippen LogP contribution in [-0.4, -0.2) is 21.1 Å². The van der Waals surface area contributed by atoms with Crippen molar-refractivity contribution in [3.05, 3.63) is 12.7 Å². The highest BCUT2D eigenvalue weighted by Gasteiger charge is 2.01. The fraction of sp³-hybridized carbons (Fsp3) is 0.750. The fourth-order valence-corrected chi connectivity index (χ4v) is 1.35. The summed E-state index contributed by atoms with van der Waals surface area (Å²) in [4.78, 5) is 0. The Morgan fingerprint density at radius 3 is 2.60 bits per heavy atom. The van der Waals surface area contributed by atoms with Crippen LogP contribution in [0.1, 0.15) is 19.3 Å². The van der Waals surface area contributed by atoms with E-state index in [1.54, 1.807) is 0 Å². The van der Waals surface area contributed by atoms with Gasteiger partial charge in [0.05, 0.1) is 0 Å². The summed E-state index contributed by atoms with van der Waals surface area (Å²) in [5.74, 6) is 4.40. The van der Waals surface area contributed by atoms with Crippen LogP contribution in [0.5, 0.6) is 0 Å². The van der Waals surface area contributed by atoms with Crippen LogP contribution in [0.2, 0.25) is 11.6 Å². The summed E-state index contributed by atoms with van der Waals surface area (Å²) in [5, 5.41) is 0. The number of allylic oxidation sites excluding steroid dienone is 1. The van der Waals surface area contributed by atoms with Gasteiger partial charge in [-0.05, 0) is 19.3 Å². The van der Waals surface area contributed by atoms with E-state index in [0.717, 1.165) is 13.0 Å². The third-order valence-corrected chi connectivity index (χ3v) is 2.16. The molecule has 0 N–H and O–H groups in total. The van der Waals surface area contributed by atoms with Gasteiger partial charge < -0.3 is 3.79 Å². The fourth-order valence-electron chi connectivity index (χ4n) is 0.710. The zero-order valence-electron chi connectivity index (χ0n) is 7.10. The van der Waals surface area contributed by atoms with Crippen molar-refractivity contribution in [2.75, 3.05) is 6.61 Å². The second-order valence-corrected chi connectivity index (χ2v) is 5.13. The Bertz CT molecular complexity index is 81.3. The lowest BCUT2D eigenvalue weighted by molar-refractivity contribution is 0.315. The maximum Gasteiger partial charge on any atom is 0.453 e. The summed E-state index contributed by atoms with van der Waals surface area (Å²) >= 11 is -0.748. The molecule has 0 bridgehead atoms. The first-order valence-corrected chi connectivity index (χ1v) is 6.78. The molecule has 0 heterocycles. The summed E-state index contributed by atoms with van der Waals surface area (Å²) in [6, 6.07) is 0. The number of rotatable bonds is 6. The Balaban J connectivity index is 2.83. The van der Waals surface area contributed by atoms with Gasteiger partial charge in [-0.15, -0.1) is 6.58 Å². The second-order valence-electron chi connectivity index (χ2n) is 2.70. The molecule has 0 aliphatic carbocycles. The van der Waals surface area contributed by atoms with E-state index in [0.29, 0.717) is 0 Å². The molecule has 0 fully saturated rings. The van der Waals surface area contributed by atoms with Crippen LogP contribution in [0.3, 0.4) is 0 Å². The Labute approximate surface area is 68.8 Å². The van der Waals surface area contributed by atoms with Crippen LogP contribution in [0.4, 0.5) is 0 Å². The van der Waals surface area contributed by atoms with Crippen LogP contribution in [0, 0.1) is 0 Å². The van der Waals surface area contributed by atoms with Crippen LogP contribution in [0.25, 0.3) is 0 Å². The Kier molecular flexibility index (Phi) is 7.51. The molecule has 10 heavy (non-hydrogen) atoms. The van der Waals surface area contributed by atoms with E-state index < -0.39 is 14.5 Å². The van der Waals surface area contributed by atoms with Crippen molar-refractivity contribution in [1.82, 2.24) is 0 Å². The maximum atomic E-state index is 5.49. The zero-order chi connectivity index (χ0) is 7.82. The molecule has 0 spiro atoms. The average molecular weight is 156 g/mol. The first-order chi connectivity index (χ1) is 4.77. The minimum atomic E-state index is -0.748. The van der Waals surface area contributed by atoms with Gasteiger partial charge in [0.2, 0.25) is 0 Å². The highest BCUT2D eigenvalue weighted by molar-refractivity contribution is 6.48. The van der Waals surface area contributed by atoms with Crippen LogP contribution in [-0.2, 0) is 3.79 Å². The van der Waals surface area contributed by atoms with Gasteiger partial charge in [-0.1, -0.05) is 17.6 Å². The van der Waals surface area contributed by atoms with Crippen LogP contribution >= 0.6 is 0 Å². The standard InChI is InChI=1S/C6H11O.2CH3.Al/c1-2-3-4-5-6-7;;;/h2H,1,3-6H2;2*1H3;/q-1;;;+1. The van der Waals surface area contributed by atoms with Gasteiger partial charge in [-0.2, -0.15) is 0 Å². The molecular weight excluding hydrogens is 139 g/mol. The van der Waals surface area contributed by atoms with Gasteiger partial charge in [0.25, 0.3) is 0 Å². The van der Waals surface area contributed by atoms with Crippen molar-refractivity contribution in [3.63, 3.8) is 0 Å². The molecule has 0 aromatic heterocycles. The molecule has 2 heteroatoms. The molecule has 0 saturated heterocycles. The van der Waals surface area contributed by atoms with Gasteiger partial charge in [0.15, 0.2) is 0 Å². The van der Waals surface area contributed by atoms with E-state index in [-0.39, 0.29) is 0 Å². The SMILES string of the molecule is C=CCCCC[O][Al]([CH3])[CH3]. The van der Waals surface area contributed by atoms with E-state index in [4.69, 9.17) is 3.79 Å². The van der Waals surface area contributed by atoms with E-state index >= 15 is 0 Å². The molecule has 0 rings (SSSR count). The maximum absolute atomic E-state index is 5.49. The van der Waals surface area contributed by atoms with E-state index in [9.17, 15) is 0 Å². The molecule has 58 valence electrons. The monoisotopic (exact) mass is 156 g/mol. The minimum Gasteiger partial charge on any atom is -0.501 e. The van der Waals surface area contributed by atoms with E-state index in [2.05, 4.69) is 18.2 Å². The lowest BCUT2D eigenvalue weighted by Gasteiger charge is -2.02.